The lowest BCUT2D eigenvalue weighted by molar-refractivity contribution is -0.372. The monoisotopic (exact) mass is 706 g/mol. The molecular weight excluding hydrogens is 656 g/mol. The highest BCUT2D eigenvalue weighted by Gasteiger charge is 2.49. The van der Waals surface area contributed by atoms with Gasteiger partial charge < -0.3 is 65.0 Å². The van der Waals surface area contributed by atoms with Crippen molar-refractivity contribution in [2.24, 2.45) is 11.8 Å². The van der Waals surface area contributed by atoms with Crippen LogP contribution in [0, 0.1) is 11.8 Å². The molecule has 0 spiro atoms. The van der Waals surface area contributed by atoms with E-state index in [9.17, 15) is 40.2 Å². The number of nitrogens with one attached hydrogen (secondary N) is 2. The molecule has 15 nitrogen and oxygen atoms in total. The normalized spacial score (nSPS) is 30.4. The third-order valence-corrected chi connectivity index (χ3v) is 8.49. The number of rotatable bonds is 15. The van der Waals surface area contributed by atoms with Crippen LogP contribution >= 0.6 is 0 Å². The molecule has 0 saturated carbocycles. The highest BCUT2D eigenvalue weighted by molar-refractivity contribution is 5.94. The molecule has 1 unspecified atom stereocenters. The molecule has 2 saturated heterocycles. The van der Waals surface area contributed by atoms with Crippen LogP contribution in [-0.4, -0.2) is 130 Å². The Morgan fingerprint density at radius 3 is 1.48 bits per heavy atom. The highest BCUT2D eigenvalue weighted by atomic mass is 16.8. The number of amides is 2. The van der Waals surface area contributed by atoms with Gasteiger partial charge in [0, 0.05) is 24.2 Å². The first-order chi connectivity index (χ1) is 23.8. The van der Waals surface area contributed by atoms with E-state index in [0.717, 1.165) is 6.42 Å². The van der Waals surface area contributed by atoms with Crippen molar-refractivity contribution < 1.29 is 63.9 Å². The Morgan fingerprint density at radius 1 is 0.660 bits per heavy atom. The van der Waals surface area contributed by atoms with E-state index in [2.05, 4.69) is 31.4 Å². The fraction of sp³-hybridized carbons (Fsp3) is 0.600. The first kappa shape index (κ1) is 39.4. The summed E-state index contributed by atoms with van der Waals surface area (Å²) in [7, 11) is 0. The fourth-order valence-electron chi connectivity index (χ4n) is 5.80. The number of carbonyl (C=O) groups excluding carboxylic acids is 2. The summed E-state index contributed by atoms with van der Waals surface area (Å²) in [6, 6.07) is 12.8. The molecule has 15 heteroatoms. The third kappa shape index (κ3) is 10.3. The number of hydrogen-bond donors (Lipinski definition) is 8. The molecule has 2 aliphatic heterocycles. The van der Waals surface area contributed by atoms with Gasteiger partial charge in [-0.25, -0.2) is 0 Å². The maximum Gasteiger partial charge on any atom is 0.251 e. The third-order valence-electron chi connectivity index (χ3n) is 8.49. The van der Waals surface area contributed by atoms with E-state index >= 15 is 0 Å². The van der Waals surface area contributed by atoms with Crippen LogP contribution in [0.2, 0.25) is 0 Å². The topological polar surface area (TPSA) is 226 Å². The van der Waals surface area contributed by atoms with E-state index in [1.54, 1.807) is 48.5 Å². The van der Waals surface area contributed by atoms with Gasteiger partial charge in [-0.2, -0.15) is 0 Å². The molecule has 2 amide bonds. The molecule has 50 heavy (non-hydrogen) atoms. The molecule has 2 aliphatic rings. The Kier molecular flexibility index (Phi) is 14.4. The van der Waals surface area contributed by atoms with E-state index in [1.807, 2.05) is 6.92 Å². The molecule has 11 atom stereocenters. The number of ether oxygens (including phenoxy) is 5. The first-order valence-electron chi connectivity index (χ1n) is 16.9. The minimum atomic E-state index is -1.83. The van der Waals surface area contributed by atoms with Gasteiger partial charge >= 0.3 is 0 Å². The van der Waals surface area contributed by atoms with Crippen molar-refractivity contribution in [3.05, 3.63) is 59.7 Å². The number of benzene rings is 2. The van der Waals surface area contributed by atoms with Crippen LogP contribution in [-0.2, 0) is 14.2 Å². The molecule has 0 aromatic heterocycles. The van der Waals surface area contributed by atoms with Gasteiger partial charge in [0.2, 0.25) is 0 Å². The first-order valence-corrected chi connectivity index (χ1v) is 16.9. The predicted molar refractivity (Wildman–Crippen MR) is 177 cm³/mol. The standard InChI is InChI=1S/C35H50N2O13/c1-5-46-22-10-6-20(7-11-22)32(44)36-15-24-26(38)28(40)30(42)34(48-24)50-35-31(43)29(41)27(39)25(49-35)16-37-33(45)21-8-12-23(13-9-21)47-17-19(4)14-18(2)3/h6-13,18-19,24-31,34-35,38-43H,5,14-17H2,1-4H3,(H,36,44)(H,37,45)/t19?,24-,25-,26-,27-,28+,29+,30-,31-,34-,35-/m1/s1. The van der Waals surface area contributed by atoms with Crippen LogP contribution in [0.3, 0.4) is 0 Å². The Balaban J connectivity index is 1.32. The van der Waals surface area contributed by atoms with Gasteiger partial charge in [-0.1, -0.05) is 20.8 Å². The van der Waals surface area contributed by atoms with Crippen molar-refractivity contribution in [1.82, 2.24) is 10.6 Å². The average Bonchev–Trinajstić information content (AvgIpc) is 3.10. The van der Waals surface area contributed by atoms with Gasteiger partial charge in [0.15, 0.2) is 12.6 Å². The smallest absolute Gasteiger partial charge is 0.251 e. The number of aliphatic hydroxyl groups excluding tert-OH is 6. The van der Waals surface area contributed by atoms with Crippen LogP contribution in [0.4, 0.5) is 0 Å². The molecule has 0 aliphatic carbocycles. The Bertz CT molecular complexity index is 1360. The molecule has 2 heterocycles. The number of hydrogen-bond acceptors (Lipinski definition) is 13. The lowest BCUT2D eigenvalue weighted by atomic mass is 9.97. The van der Waals surface area contributed by atoms with Crippen molar-refractivity contribution in [2.75, 3.05) is 26.3 Å². The van der Waals surface area contributed by atoms with E-state index in [-0.39, 0.29) is 13.1 Å². The van der Waals surface area contributed by atoms with Gasteiger partial charge in [-0.15, -0.1) is 0 Å². The SMILES string of the molecule is CCOc1ccc(C(=O)NC[C@H]2O[C@H](O[C@H]3O[C@H](CNC(=O)c4ccc(OCC(C)CC(C)C)cc4)[C@@H](O)[C@H](O)[C@H]3O)[C@H](O)[C@@H](O)[C@@H]2O)cc1. The zero-order chi connectivity index (χ0) is 36.5. The van der Waals surface area contributed by atoms with Crippen LogP contribution in [0.15, 0.2) is 48.5 Å². The van der Waals surface area contributed by atoms with Crippen molar-refractivity contribution in [2.45, 2.75) is 95.5 Å². The molecule has 2 aromatic carbocycles. The van der Waals surface area contributed by atoms with Crippen LogP contribution in [0.5, 0.6) is 11.5 Å². The van der Waals surface area contributed by atoms with Crippen LogP contribution in [0.25, 0.3) is 0 Å². The lowest BCUT2D eigenvalue weighted by Crippen LogP contribution is -2.64. The summed E-state index contributed by atoms with van der Waals surface area (Å²) in [6.07, 6.45) is -15.4. The summed E-state index contributed by atoms with van der Waals surface area (Å²) < 4.78 is 28.1. The Morgan fingerprint density at radius 2 is 1.08 bits per heavy atom. The summed E-state index contributed by atoms with van der Waals surface area (Å²) in [5.41, 5.74) is 0.600. The minimum Gasteiger partial charge on any atom is -0.494 e. The second-order valence-electron chi connectivity index (χ2n) is 13.1. The van der Waals surface area contributed by atoms with Gasteiger partial charge in [0.25, 0.3) is 11.8 Å². The van der Waals surface area contributed by atoms with Crippen molar-refractivity contribution >= 4 is 11.8 Å². The molecule has 4 rings (SSSR count). The van der Waals surface area contributed by atoms with Gasteiger partial charge in [0.05, 0.1) is 13.2 Å². The number of carbonyl (C=O) groups is 2. The molecule has 2 fully saturated rings. The molecule has 2 aromatic rings. The van der Waals surface area contributed by atoms with E-state index in [4.69, 9.17) is 23.7 Å². The van der Waals surface area contributed by atoms with Crippen molar-refractivity contribution in [3.8, 4) is 11.5 Å². The maximum absolute atomic E-state index is 12.9. The Hall–Kier alpha value is -3.38. The molecule has 0 radical (unpaired) electrons. The van der Waals surface area contributed by atoms with Crippen LogP contribution < -0.4 is 20.1 Å². The summed E-state index contributed by atoms with van der Waals surface area (Å²) in [4.78, 5) is 25.5. The molecule has 0 bridgehead atoms. The average molecular weight is 707 g/mol. The summed E-state index contributed by atoms with van der Waals surface area (Å²) in [5, 5.41) is 68.6. The maximum atomic E-state index is 12.9. The van der Waals surface area contributed by atoms with E-state index < -0.39 is 73.2 Å². The van der Waals surface area contributed by atoms with Gasteiger partial charge in [-0.05, 0) is 73.7 Å². The minimum absolute atomic E-state index is 0.296. The Labute approximate surface area is 291 Å². The van der Waals surface area contributed by atoms with Crippen molar-refractivity contribution in [1.29, 1.82) is 0 Å². The predicted octanol–water partition coefficient (Wildman–Crippen LogP) is -0.0621. The summed E-state index contributed by atoms with van der Waals surface area (Å²) in [6.45, 7) is 8.64. The van der Waals surface area contributed by atoms with Gasteiger partial charge in [0.1, 0.15) is 60.3 Å². The second-order valence-corrected chi connectivity index (χ2v) is 13.1. The fourth-order valence-corrected chi connectivity index (χ4v) is 5.80. The van der Waals surface area contributed by atoms with Crippen LogP contribution in [0.1, 0.15) is 54.8 Å². The molecule has 8 N–H and O–H groups in total. The summed E-state index contributed by atoms with van der Waals surface area (Å²) in [5.74, 6) is 1.11. The van der Waals surface area contributed by atoms with E-state index in [1.165, 1.54) is 0 Å². The zero-order valence-electron chi connectivity index (χ0n) is 28.6. The zero-order valence-corrected chi connectivity index (χ0v) is 28.6. The highest BCUT2D eigenvalue weighted by Crippen LogP contribution is 2.28. The largest absolute Gasteiger partial charge is 0.494 e. The van der Waals surface area contributed by atoms with Gasteiger partial charge in [-0.3, -0.25) is 9.59 Å². The second kappa shape index (κ2) is 18.2. The number of aliphatic hydroxyl groups is 6. The lowest BCUT2D eigenvalue weighted by Gasteiger charge is -2.45. The summed E-state index contributed by atoms with van der Waals surface area (Å²) >= 11 is 0. The van der Waals surface area contributed by atoms with Crippen molar-refractivity contribution in [3.63, 3.8) is 0 Å². The van der Waals surface area contributed by atoms with E-state index in [0.29, 0.717) is 47.7 Å². The molecule has 278 valence electrons. The quantitative estimate of drug-likeness (QED) is 0.122. The molecular formula is C35H50N2O13.